The Balaban J connectivity index is 2.09. The molecule has 0 aromatic heterocycles. The summed E-state index contributed by atoms with van der Waals surface area (Å²) in [5, 5.41) is 0.141. The van der Waals surface area contributed by atoms with Gasteiger partial charge in [0.15, 0.2) is 0 Å². The molecule has 2 rings (SSSR count). The molecule has 1 heterocycles. The number of halogens is 1. The zero-order chi connectivity index (χ0) is 15.5. The van der Waals surface area contributed by atoms with Crippen molar-refractivity contribution in [3.63, 3.8) is 0 Å². The highest BCUT2D eigenvalue weighted by atomic mass is 35.5. The predicted octanol–water partition coefficient (Wildman–Crippen LogP) is 2.02. The molecule has 1 N–H and O–H groups in total. The molecule has 0 saturated carbocycles. The highest BCUT2D eigenvalue weighted by molar-refractivity contribution is 7.89. The van der Waals surface area contributed by atoms with Crippen LogP contribution in [-0.4, -0.2) is 38.4 Å². The zero-order valence-corrected chi connectivity index (χ0v) is 13.5. The average molecular weight is 331 g/mol. The van der Waals surface area contributed by atoms with Gasteiger partial charge in [-0.1, -0.05) is 23.7 Å². The monoisotopic (exact) mass is 330 g/mol. The van der Waals surface area contributed by atoms with Crippen molar-refractivity contribution in [3.8, 4) is 0 Å². The third-order valence-corrected chi connectivity index (χ3v) is 5.54. The van der Waals surface area contributed by atoms with Gasteiger partial charge in [-0.15, -0.1) is 0 Å². The summed E-state index contributed by atoms with van der Waals surface area (Å²) < 4.78 is 27.0. The summed E-state index contributed by atoms with van der Waals surface area (Å²) in [6.07, 6.45) is 3.05. The second-order valence-corrected chi connectivity index (χ2v) is 7.25. The topological polar surface area (TPSA) is 66.5 Å². The number of carbonyl (C=O) groups excluding carboxylic acids is 1. The van der Waals surface area contributed by atoms with Gasteiger partial charge in [0, 0.05) is 13.1 Å². The van der Waals surface area contributed by atoms with Gasteiger partial charge < -0.3 is 4.90 Å². The van der Waals surface area contributed by atoms with Gasteiger partial charge in [-0.25, -0.2) is 8.42 Å². The number of piperidine rings is 1. The molecule has 0 radical (unpaired) electrons. The summed E-state index contributed by atoms with van der Waals surface area (Å²) >= 11 is 5.91. The van der Waals surface area contributed by atoms with Crippen molar-refractivity contribution >= 4 is 27.5 Å². The molecule has 0 unspecified atom stereocenters. The van der Waals surface area contributed by atoms with E-state index in [2.05, 4.69) is 4.72 Å². The van der Waals surface area contributed by atoms with Gasteiger partial charge in [-0.2, -0.15) is 4.72 Å². The Bertz CT molecular complexity index is 612. The fourth-order valence-corrected chi connectivity index (χ4v) is 4.11. The van der Waals surface area contributed by atoms with Crippen molar-refractivity contribution in [1.82, 2.24) is 9.62 Å². The van der Waals surface area contributed by atoms with E-state index in [1.807, 2.05) is 0 Å². The van der Waals surface area contributed by atoms with Crippen molar-refractivity contribution < 1.29 is 13.2 Å². The van der Waals surface area contributed by atoms with Crippen LogP contribution < -0.4 is 4.72 Å². The quantitative estimate of drug-likeness (QED) is 0.918. The first kappa shape index (κ1) is 16.3. The third-order valence-electron chi connectivity index (χ3n) is 3.50. The maximum absolute atomic E-state index is 12.3. The summed E-state index contributed by atoms with van der Waals surface area (Å²) in [6.45, 7) is 2.94. The van der Waals surface area contributed by atoms with Crippen LogP contribution in [-0.2, 0) is 14.8 Å². The largest absolute Gasteiger partial charge is 0.341 e. The molecular formula is C14H19ClN2O3S. The van der Waals surface area contributed by atoms with Crippen LogP contribution in [0.4, 0.5) is 0 Å². The number of amides is 1. The lowest BCUT2D eigenvalue weighted by Gasteiger charge is -2.29. The van der Waals surface area contributed by atoms with E-state index in [-0.39, 0.29) is 15.8 Å². The van der Waals surface area contributed by atoms with Gasteiger partial charge >= 0.3 is 0 Å². The second-order valence-electron chi connectivity index (χ2n) is 5.16. The first-order valence-corrected chi connectivity index (χ1v) is 8.83. The van der Waals surface area contributed by atoms with E-state index in [1.165, 1.54) is 12.1 Å². The summed E-state index contributed by atoms with van der Waals surface area (Å²) in [6, 6.07) is 5.38. The maximum Gasteiger partial charge on any atom is 0.242 e. The van der Waals surface area contributed by atoms with Crippen LogP contribution in [0.25, 0.3) is 0 Å². The molecule has 1 aliphatic rings. The zero-order valence-electron chi connectivity index (χ0n) is 11.9. The Morgan fingerprint density at radius 1 is 1.24 bits per heavy atom. The predicted molar refractivity (Wildman–Crippen MR) is 81.7 cm³/mol. The number of nitrogens with zero attached hydrogens (tertiary/aromatic N) is 1. The molecule has 5 nitrogen and oxygen atoms in total. The SMILES string of the molecule is C[C@H](NS(=O)(=O)c1ccccc1Cl)C(=O)N1CCCCC1. The Hall–Kier alpha value is -1.11. The van der Waals surface area contributed by atoms with Crippen molar-refractivity contribution in [2.24, 2.45) is 0 Å². The minimum atomic E-state index is -3.80. The first-order valence-electron chi connectivity index (χ1n) is 6.97. The van der Waals surface area contributed by atoms with E-state index in [1.54, 1.807) is 24.0 Å². The van der Waals surface area contributed by atoms with Crippen LogP contribution in [0.5, 0.6) is 0 Å². The smallest absolute Gasteiger partial charge is 0.242 e. The summed E-state index contributed by atoms with van der Waals surface area (Å²) in [5.41, 5.74) is 0. The van der Waals surface area contributed by atoms with Gasteiger partial charge in [-0.3, -0.25) is 4.79 Å². The molecule has 1 atom stereocenters. The number of hydrogen-bond acceptors (Lipinski definition) is 3. The fourth-order valence-electron chi connectivity index (χ4n) is 2.40. The van der Waals surface area contributed by atoms with Gasteiger partial charge in [0.05, 0.1) is 11.1 Å². The molecule has 1 aliphatic heterocycles. The van der Waals surface area contributed by atoms with E-state index < -0.39 is 16.1 Å². The molecule has 1 fully saturated rings. The van der Waals surface area contributed by atoms with E-state index >= 15 is 0 Å². The van der Waals surface area contributed by atoms with Gasteiger partial charge in [-0.05, 0) is 38.3 Å². The van der Waals surface area contributed by atoms with E-state index in [0.717, 1.165) is 19.3 Å². The Kier molecular flexibility index (Phi) is 5.24. The Morgan fingerprint density at radius 3 is 2.48 bits per heavy atom. The summed E-state index contributed by atoms with van der Waals surface area (Å²) in [7, 11) is -3.80. The highest BCUT2D eigenvalue weighted by Gasteiger charge is 2.27. The van der Waals surface area contributed by atoms with Gasteiger partial charge in [0.25, 0.3) is 0 Å². The van der Waals surface area contributed by atoms with E-state index in [4.69, 9.17) is 11.6 Å². The van der Waals surface area contributed by atoms with Crippen molar-refractivity contribution in [1.29, 1.82) is 0 Å². The van der Waals surface area contributed by atoms with Gasteiger partial charge in [0.1, 0.15) is 4.90 Å². The van der Waals surface area contributed by atoms with Crippen LogP contribution in [0.15, 0.2) is 29.2 Å². The maximum atomic E-state index is 12.3. The lowest BCUT2D eigenvalue weighted by atomic mass is 10.1. The molecule has 1 aromatic carbocycles. The number of rotatable bonds is 4. The lowest BCUT2D eigenvalue weighted by Crippen LogP contribution is -2.48. The Morgan fingerprint density at radius 2 is 1.86 bits per heavy atom. The van der Waals surface area contributed by atoms with Crippen LogP contribution >= 0.6 is 11.6 Å². The molecule has 1 amide bonds. The number of benzene rings is 1. The highest BCUT2D eigenvalue weighted by Crippen LogP contribution is 2.20. The molecule has 1 saturated heterocycles. The standard InChI is InChI=1S/C14H19ClN2O3S/c1-11(14(18)17-9-5-2-6-10-17)16-21(19,20)13-8-4-3-7-12(13)15/h3-4,7-8,11,16H,2,5-6,9-10H2,1H3/t11-/m0/s1. The van der Waals surface area contributed by atoms with Crippen molar-refractivity contribution in [2.75, 3.05) is 13.1 Å². The van der Waals surface area contributed by atoms with Gasteiger partial charge in [0.2, 0.25) is 15.9 Å². The molecular weight excluding hydrogens is 312 g/mol. The van der Waals surface area contributed by atoms with Crippen LogP contribution in [0.1, 0.15) is 26.2 Å². The minimum absolute atomic E-state index is 0.00930. The van der Waals surface area contributed by atoms with Crippen molar-refractivity contribution in [3.05, 3.63) is 29.3 Å². The number of hydrogen-bond donors (Lipinski definition) is 1. The van der Waals surface area contributed by atoms with Crippen molar-refractivity contribution in [2.45, 2.75) is 37.1 Å². The number of likely N-dealkylation sites (tertiary alicyclic amines) is 1. The number of nitrogens with one attached hydrogen (secondary N) is 1. The number of carbonyl (C=O) groups is 1. The van der Waals surface area contributed by atoms with Crippen LogP contribution in [0.2, 0.25) is 5.02 Å². The summed E-state index contributed by atoms with van der Waals surface area (Å²) in [5.74, 6) is -0.190. The van der Waals surface area contributed by atoms with Crippen LogP contribution in [0, 0.1) is 0 Å². The molecule has 116 valence electrons. The molecule has 0 bridgehead atoms. The molecule has 21 heavy (non-hydrogen) atoms. The normalized spacial score (nSPS) is 17.5. The van der Waals surface area contributed by atoms with E-state index in [9.17, 15) is 13.2 Å². The molecule has 7 heteroatoms. The fraction of sp³-hybridized carbons (Fsp3) is 0.500. The first-order chi connectivity index (χ1) is 9.92. The Labute approximate surface area is 130 Å². The minimum Gasteiger partial charge on any atom is -0.341 e. The van der Waals surface area contributed by atoms with E-state index in [0.29, 0.717) is 13.1 Å². The average Bonchev–Trinajstić information content (AvgIpc) is 2.47. The molecule has 0 spiro atoms. The van der Waals surface area contributed by atoms with Crippen LogP contribution in [0.3, 0.4) is 0 Å². The summed E-state index contributed by atoms with van der Waals surface area (Å²) in [4.78, 5) is 14.0. The number of sulfonamides is 1. The molecule has 0 aliphatic carbocycles. The second kappa shape index (κ2) is 6.77. The lowest BCUT2D eigenvalue weighted by molar-refractivity contribution is -0.133. The molecule has 1 aromatic rings. The third kappa shape index (κ3) is 3.96.